The summed E-state index contributed by atoms with van der Waals surface area (Å²) in [6.07, 6.45) is 0. The molecule has 0 saturated carbocycles. The zero-order valence-electron chi connectivity index (χ0n) is 9.21. The summed E-state index contributed by atoms with van der Waals surface area (Å²) in [5, 5.41) is 10.6. The third-order valence-electron chi connectivity index (χ3n) is 2.49. The maximum Gasteiger partial charge on any atom is 0.415 e. The Morgan fingerprint density at radius 1 is 0.941 bits per heavy atom. The van der Waals surface area contributed by atoms with Crippen molar-refractivity contribution in [3.8, 4) is 5.75 Å². The molecule has 0 heterocycles. The second-order valence-electron chi connectivity index (χ2n) is 3.68. The zero-order chi connectivity index (χ0) is 12.3. The van der Waals surface area contributed by atoms with Gasteiger partial charge < -0.3 is 10.8 Å². The molecular formula is C13H13NO2P+. The van der Waals surface area contributed by atoms with Gasteiger partial charge in [-0.15, -0.1) is 0 Å². The van der Waals surface area contributed by atoms with Gasteiger partial charge in [-0.1, -0.05) is 16.7 Å². The summed E-state index contributed by atoms with van der Waals surface area (Å²) in [6, 6.07) is 13.8. The van der Waals surface area contributed by atoms with E-state index in [0.29, 0.717) is 11.8 Å². The average molecular weight is 246 g/mol. The van der Waals surface area contributed by atoms with Crippen LogP contribution >= 0.6 is 7.80 Å². The van der Waals surface area contributed by atoms with Crippen LogP contribution in [0.4, 0.5) is 0 Å². The van der Waals surface area contributed by atoms with E-state index in [4.69, 9.17) is 10.8 Å². The van der Waals surface area contributed by atoms with E-state index >= 15 is 0 Å². The lowest BCUT2D eigenvalue weighted by molar-refractivity contribution is 0.475. The maximum absolute atomic E-state index is 12.2. The van der Waals surface area contributed by atoms with E-state index in [1.807, 2.05) is 24.3 Å². The lowest BCUT2D eigenvalue weighted by Crippen LogP contribution is -2.07. The molecule has 0 aliphatic carbocycles. The van der Waals surface area contributed by atoms with Crippen LogP contribution in [0.15, 0.2) is 48.5 Å². The maximum atomic E-state index is 12.2. The van der Waals surface area contributed by atoms with Gasteiger partial charge in [0.25, 0.3) is 0 Å². The van der Waals surface area contributed by atoms with E-state index in [9.17, 15) is 4.57 Å². The number of hydrogen-bond donors (Lipinski definition) is 2. The molecule has 2 aromatic carbocycles. The van der Waals surface area contributed by atoms with E-state index in [0.717, 1.165) is 10.9 Å². The van der Waals surface area contributed by atoms with E-state index in [1.165, 1.54) is 12.1 Å². The van der Waals surface area contributed by atoms with Crippen LogP contribution in [0.2, 0.25) is 0 Å². The van der Waals surface area contributed by atoms with Crippen LogP contribution in [0.3, 0.4) is 0 Å². The normalized spacial score (nSPS) is 11.2. The first kappa shape index (κ1) is 11.8. The van der Waals surface area contributed by atoms with Crippen molar-refractivity contribution in [1.29, 1.82) is 0 Å². The molecule has 0 radical (unpaired) electrons. The minimum atomic E-state index is -1.60. The average Bonchev–Trinajstić information content (AvgIpc) is 2.39. The molecule has 0 fully saturated rings. The summed E-state index contributed by atoms with van der Waals surface area (Å²) in [4.78, 5) is 0. The molecule has 3 N–H and O–H groups in total. The Hall–Kier alpha value is -1.70. The van der Waals surface area contributed by atoms with Crippen LogP contribution in [0.1, 0.15) is 5.56 Å². The molecule has 0 aromatic heterocycles. The van der Waals surface area contributed by atoms with Crippen molar-refractivity contribution in [2.75, 3.05) is 0 Å². The van der Waals surface area contributed by atoms with Crippen LogP contribution in [0, 0.1) is 0 Å². The Balaban J connectivity index is 2.27. The molecule has 1 atom stereocenters. The second-order valence-corrected chi connectivity index (χ2v) is 5.30. The van der Waals surface area contributed by atoms with Crippen molar-refractivity contribution >= 4 is 18.4 Å². The van der Waals surface area contributed by atoms with Gasteiger partial charge >= 0.3 is 7.80 Å². The Morgan fingerprint density at radius 2 is 1.41 bits per heavy atom. The summed E-state index contributed by atoms with van der Waals surface area (Å²) >= 11 is 0. The third-order valence-corrected chi connectivity index (χ3v) is 4.03. The lowest BCUT2D eigenvalue weighted by atomic mass is 10.2. The molecule has 2 rings (SSSR count). The number of hydrogen-bond acceptors (Lipinski definition) is 3. The van der Waals surface area contributed by atoms with Gasteiger partial charge in [0, 0.05) is 6.54 Å². The minimum absolute atomic E-state index is 0.177. The first-order valence-corrected chi connectivity index (χ1v) is 6.52. The molecule has 0 spiro atoms. The zero-order valence-corrected chi connectivity index (χ0v) is 10.1. The number of rotatable bonds is 3. The summed E-state index contributed by atoms with van der Waals surface area (Å²) in [5.41, 5.74) is 6.52. The lowest BCUT2D eigenvalue weighted by Gasteiger charge is -1.94. The van der Waals surface area contributed by atoms with E-state index < -0.39 is 7.80 Å². The Morgan fingerprint density at radius 3 is 1.88 bits per heavy atom. The molecule has 1 unspecified atom stereocenters. The number of phenolic OH excluding ortho intramolecular Hbond substituents is 1. The van der Waals surface area contributed by atoms with Crippen molar-refractivity contribution in [3.05, 3.63) is 54.1 Å². The summed E-state index contributed by atoms with van der Waals surface area (Å²) < 4.78 is 12.2. The van der Waals surface area contributed by atoms with Gasteiger partial charge in [-0.25, -0.2) is 0 Å². The highest BCUT2D eigenvalue weighted by atomic mass is 31.1. The van der Waals surface area contributed by atoms with Crippen LogP contribution in [0.25, 0.3) is 0 Å². The molecule has 4 heteroatoms. The monoisotopic (exact) mass is 246 g/mol. The minimum Gasteiger partial charge on any atom is -0.508 e. The fourth-order valence-corrected chi connectivity index (χ4v) is 2.64. The van der Waals surface area contributed by atoms with Crippen LogP contribution in [0.5, 0.6) is 5.75 Å². The van der Waals surface area contributed by atoms with E-state index in [-0.39, 0.29) is 5.75 Å². The largest absolute Gasteiger partial charge is 0.508 e. The number of phenols is 1. The SMILES string of the molecule is NCc1ccc([P+](=O)c2ccc(O)cc2)cc1. The molecule has 0 saturated heterocycles. The summed E-state index contributed by atoms with van der Waals surface area (Å²) in [7, 11) is -1.60. The number of aromatic hydroxyl groups is 1. The van der Waals surface area contributed by atoms with Crippen molar-refractivity contribution < 1.29 is 9.67 Å². The standard InChI is InChI=1S/C13H12NO2P/c14-9-10-1-5-12(6-2-10)17(16)13-7-3-11(15)4-8-13/h1-8H,9,14H2/p+1. The smallest absolute Gasteiger partial charge is 0.415 e. The van der Waals surface area contributed by atoms with Gasteiger partial charge in [-0.3, -0.25) is 0 Å². The molecule has 17 heavy (non-hydrogen) atoms. The van der Waals surface area contributed by atoms with Crippen molar-refractivity contribution in [3.63, 3.8) is 0 Å². The van der Waals surface area contributed by atoms with Gasteiger partial charge in [0.05, 0.1) is 0 Å². The predicted octanol–water partition coefficient (Wildman–Crippen LogP) is 1.63. The molecule has 0 aliphatic rings. The molecule has 3 nitrogen and oxygen atoms in total. The highest BCUT2D eigenvalue weighted by Gasteiger charge is 2.22. The van der Waals surface area contributed by atoms with Gasteiger partial charge in [0.1, 0.15) is 5.75 Å². The third kappa shape index (κ3) is 2.70. The fourth-order valence-electron chi connectivity index (χ4n) is 1.50. The molecule has 0 amide bonds. The van der Waals surface area contributed by atoms with E-state index in [1.54, 1.807) is 12.1 Å². The van der Waals surface area contributed by atoms with Crippen LogP contribution in [-0.2, 0) is 11.1 Å². The quantitative estimate of drug-likeness (QED) is 0.809. The van der Waals surface area contributed by atoms with E-state index in [2.05, 4.69) is 0 Å². The van der Waals surface area contributed by atoms with Gasteiger partial charge in [0.2, 0.25) is 0 Å². The predicted molar refractivity (Wildman–Crippen MR) is 69.3 cm³/mol. The van der Waals surface area contributed by atoms with Gasteiger partial charge in [0.15, 0.2) is 10.6 Å². The highest BCUT2D eigenvalue weighted by Crippen LogP contribution is 2.20. The Bertz CT molecular complexity index is 520. The fraction of sp³-hybridized carbons (Fsp3) is 0.0769. The Labute approximate surface area is 101 Å². The van der Waals surface area contributed by atoms with Crippen LogP contribution in [-0.4, -0.2) is 5.11 Å². The highest BCUT2D eigenvalue weighted by molar-refractivity contribution is 7.61. The van der Waals surface area contributed by atoms with Crippen molar-refractivity contribution in [1.82, 2.24) is 0 Å². The molecule has 0 aliphatic heterocycles. The Kier molecular flexibility index (Phi) is 3.52. The number of benzene rings is 2. The number of nitrogens with two attached hydrogens (primary N) is 1. The van der Waals surface area contributed by atoms with Crippen molar-refractivity contribution in [2.45, 2.75) is 6.54 Å². The first-order valence-electron chi connectivity index (χ1n) is 5.26. The second kappa shape index (κ2) is 5.09. The van der Waals surface area contributed by atoms with Gasteiger partial charge in [-0.05, 0) is 42.0 Å². The first-order chi connectivity index (χ1) is 8.20. The molecule has 2 aromatic rings. The molecule has 0 bridgehead atoms. The van der Waals surface area contributed by atoms with Crippen LogP contribution < -0.4 is 16.3 Å². The molecule has 86 valence electrons. The summed E-state index contributed by atoms with van der Waals surface area (Å²) in [5.74, 6) is 0.177. The molecular weight excluding hydrogens is 233 g/mol. The topological polar surface area (TPSA) is 63.3 Å². The summed E-state index contributed by atoms with van der Waals surface area (Å²) in [6.45, 7) is 0.482. The van der Waals surface area contributed by atoms with Gasteiger partial charge in [-0.2, -0.15) is 0 Å². The van der Waals surface area contributed by atoms with Crippen molar-refractivity contribution in [2.24, 2.45) is 5.73 Å².